The molecule has 0 aliphatic carbocycles. The number of urea groups is 1. The van der Waals surface area contributed by atoms with Crippen molar-refractivity contribution in [2.24, 2.45) is 0 Å². The number of ether oxygens (including phenoxy) is 1. The van der Waals surface area contributed by atoms with E-state index in [1.807, 2.05) is 31.2 Å². The first-order valence-corrected chi connectivity index (χ1v) is 6.72. The summed E-state index contributed by atoms with van der Waals surface area (Å²) < 4.78 is 5.39. The van der Waals surface area contributed by atoms with Crippen LogP contribution in [0.3, 0.4) is 0 Å². The lowest BCUT2D eigenvalue weighted by Crippen LogP contribution is -2.32. The molecule has 0 radical (unpaired) electrons. The highest BCUT2D eigenvalue weighted by atomic mass is 35.5. The maximum Gasteiger partial charge on any atom is 0.321 e. The molecule has 2 amide bonds. The summed E-state index contributed by atoms with van der Waals surface area (Å²) >= 11 is 5.87. The van der Waals surface area contributed by atoms with Crippen LogP contribution in [0.4, 0.5) is 16.2 Å². The molecule has 2 aromatic carbocycles. The number of anilines is 2. The number of aryl methyl sites for hydroxylation is 1. The standard InChI is InChI=1S/C15H16ClN3O2/c1-10-2-5-12(6-3-10)21-9-18-15(20)19-11-4-7-14(17)13(16)8-11/h2-8H,9,17H2,1H3,(H2,18,19,20). The van der Waals surface area contributed by atoms with Crippen LogP contribution in [0.1, 0.15) is 5.56 Å². The second-order valence-electron chi connectivity index (χ2n) is 4.47. The smallest absolute Gasteiger partial charge is 0.321 e. The number of hydrogen-bond donors (Lipinski definition) is 3. The minimum atomic E-state index is -0.386. The maximum absolute atomic E-state index is 11.7. The molecule has 6 heteroatoms. The van der Waals surface area contributed by atoms with Gasteiger partial charge in [0.15, 0.2) is 6.73 Å². The molecule has 4 N–H and O–H groups in total. The number of amides is 2. The molecule has 0 saturated heterocycles. The Morgan fingerprint density at radius 3 is 2.62 bits per heavy atom. The number of benzene rings is 2. The van der Waals surface area contributed by atoms with E-state index >= 15 is 0 Å². The van der Waals surface area contributed by atoms with Crippen molar-refractivity contribution in [1.29, 1.82) is 0 Å². The SMILES string of the molecule is Cc1ccc(OCNC(=O)Nc2ccc(N)c(Cl)c2)cc1. The predicted molar refractivity (Wildman–Crippen MR) is 84.7 cm³/mol. The lowest BCUT2D eigenvalue weighted by Gasteiger charge is -2.10. The quantitative estimate of drug-likeness (QED) is 0.598. The number of hydrogen-bond acceptors (Lipinski definition) is 3. The number of carbonyl (C=O) groups is 1. The van der Waals surface area contributed by atoms with Gasteiger partial charge in [-0.3, -0.25) is 0 Å². The Morgan fingerprint density at radius 1 is 1.24 bits per heavy atom. The van der Waals surface area contributed by atoms with Gasteiger partial charge in [0, 0.05) is 5.69 Å². The Kier molecular flexibility index (Phi) is 4.90. The molecule has 0 aliphatic heterocycles. The van der Waals surface area contributed by atoms with Crippen molar-refractivity contribution in [3.05, 3.63) is 53.1 Å². The molecular weight excluding hydrogens is 290 g/mol. The van der Waals surface area contributed by atoms with Gasteiger partial charge in [-0.15, -0.1) is 0 Å². The predicted octanol–water partition coefficient (Wildman–Crippen LogP) is 3.39. The fraction of sp³-hybridized carbons (Fsp3) is 0.133. The van der Waals surface area contributed by atoms with Gasteiger partial charge in [-0.2, -0.15) is 0 Å². The molecule has 110 valence electrons. The van der Waals surface area contributed by atoms with Crippen LogP contribution in [0.5, 0.6) is 5.75 Å². The van der Waals surface area contributed by atoms with Gasteiger partial charge in [0.05, 0.1) is 10.7 Å². The van der Waals surface area contributed by atoms with Gasteiger partial charge in [-0.05, 0) is 37.3 Å². The third kappa shape index (κ3) is 4.57. The van der Waals surface area contributed by atoms with E-state index in [4.69, 9.17) is 22.1 Å². The molecule has 0 atom stereocenters. The van der Waals surface area contributed by atoms with Crippen molar-refractivity contribution in [3.63, 3.8) is 0 Å². The molecule has 2 aromatic rings. The van der Waals surface area contributed by atoms with E-state index < -0.39 is 0 Å². The fourth-order valence-electron chi connectivity index (χ4n) is 1.60. The van der Waals surface area contributed by atoms with Crippen LogP contribution in [-0.4, -0.2) is 12.8 Å². The molecule has 0 aliphatic rings. The number of halogens is 1. The molecule has 2 rings (SSSR count). The lowest BCUT2D eigenvalue weighted by molar-refractivity contribution is 0.234. The second kappa shape index (κ2) is 6.85. The van der Waals surface area contributed by atoms with E-state index in [1.54, 1.807) is 18.2 Å². The van der Waals surface area contributed by atoms with Crippen LogP contribution < -0.4 is 21.1 Å². The summed E-state index contributed by atoms with van der Waals surface area (Å²) in [5.41, 5.74) is 7.76. The van der Waals surface area contributed by atoms with Crippen LogP contribution in [0.25, 0.3) is 0 Å². The molecule has 5 nitrogen and oxygen atoms in total. The Hall–Kier alpha value is -2.40. The largest absolute Gasteiger partial charge is 0.473 e. The zero-order valence-corrected chi connectivity index (χ0v) is 12.3. The van der Waals surface area contributed by atoms with Gasteiger partial charge >= 0.3 is 6.03 Å². The van der Waals surface area contributed by atoms with Gasteiger partial charge in [0.2, 0.25) is 0 Å². The number of carbonyl (C=O) groups excluding carboxylic acids is 1. The monoisotopic (exact) mass is 305 g/mol. The second-order valence-corrected chi connectivity index (χ2v) is 4.88. The topological polar surface area (TPSA) is 76.4 Å². The van der Waals surface area contributed by atoms with E-state index in [9.17, 15) is 4.79 Å². The molecule has 0 heterocycles. The van der Waals surface area contributed by atoms with Gasteiger partial charge in [-0.1, -0.05) is 29.3 Å². The molecular formula is C15H16ClN3O2. The first-order chi connectivity index (χ1) is 10.0. The normalized spacial score (nSPS) is 10.0. The molecule has 0 saturated carbocycles. The Balaban J connectivity index is 1.79. The molecule has 0 bridgehead atoms. The van der Waals surface area contributed by atoms with Crippen molar-refractivity contribution in [2.45, 2.75) is 6.92 Å². The summed E-state index contributed by atoms with van der Waals surface area (Å²) in [6.07, 6.45) is 0. The number of rotatable bonds is 4. The van der Waals surface area contributed by atoms with Gasteiger partial charge in [-0.25, -0.2) is 4.79 Å². The Bertz CT molecular complexity index is 629. The maximum atomic E-state index is 11.7. The average Bonchev–Trinajstić information content (AvgIpc) is 2.45. The van der Waals surface area contributed by atoms with Crippen molar-refractivity contribution >= 4 is 29.0 Å². The van der Waals surface area contributed by atoms with Crippen LogP contribution in [0.2, 0.25) is 5.02 Å². The van der Waals surface area contributed by atoms with Crippen LogP contribution in [-0.2, 0) is 0 Å². The minimum Gasteiger partial charge on any atom is -0.473 e. The number of nitrogen functional groups attached to an aromatic ring is 1. The Morgan fingerprint density at radius 2 is 1.95 bits per heavy atom. The third-order valence-corrected chi connectivity index (χ3v) is 3.08. The summed E-state index contributed by atoms with van der Waals surface area (Å²) in [6.45, 7) is 2.06. The lowest BCUT2D eigenvalue weighted by atomic mass is 10.2. The van der Waals surface area contributed by atoms with E-state index in [2.05, 4.69) is 10.6 Å². The summed E-state index contributed by atoms with van der Waals surface area (Å²) in [6, 6.07) is 12.0. The molecule has 21 heavy (non-hydrogen) atoms. The number of nitrogens with two attached hydrogens (primary N) is 1. The first-order valence-electron chi connectivity index (χ1n) is 6.34. The molecule has 0 fully saturated rings. The van der Waals surface area contributed by atoms with E-state index in [-0.39, 0.29) is 12.8 Å². The third-order valence-electron chi connectivity index (χ3n) is 2.75. The summed E-state index contributed by atoms with van der Waals surface area (Å²) in [4.78, 5) is 11.7. The van der Waals surface area contributed by atoms with Gasteiger partial charge in [0.25, 0.3) is 0 Å². The summed E-state index contributed by atoms with van der Waals surface area (Å²) in [5, 5.41) is 5.61. The molecule has 0 spiro atoms. The van der Waals surface area contributed by atoms with Gasteiger partial charge < -0.3 is 21.1 Å². The zero-order chi connectivity index (χ0) is 15.2. The van der Waals surface area contributed by atoms with E-state index in [0.717, 1.165) is 5.56 Å². The highest BCUT2D eigenvalue weighted by Gasteiger charge is 2.03. The average molecular weight is 306 g/mol. The van der Waals surface area contributed by atoms with Crippen molar-refractivity contribution in [3.8, 4) is 5.75 Å². The van der Waals surface area contributed by atoms with E-state index in [0.29, 0.717) is 22.1 Å². The van der Waals surface area contributed by atoms with Crippen LogP contribution in [0.15, 0.2) is 42.5 Å². The van der Waals surface area contributed by atoms with Gasteiger partial charge in [0.1, 0.15) is 5.75 Å². The van der Waals surface area contributed by atoms with E-state index in [1.165, 1.54) is 0 Å². The summed E-state index contributed by atoms with van der Waals surface area (Å²) in [7, 11) is 0. The minimum absolute atomic E-state index is 0.0671. The molecule has 0 unspecified atom stereocenters. The fourth-order valence-corrected chi connectivity index (χ4v) is 1.78. The van der Waals surface area contributed by atoms with Crippen LogP contribution in [0, 0.1) is 6.92 Å². The molecule has 0 aromatic heterocycles. The van der Waals surface area contributed by atoms with Crippen LogP contribution >= 0.6 is 11.6 Å². The van der Waals surface area contributed by atoms with Crippen molar-refractivity contribution in [1.82, 2.24) is 5.32 Å². The summed E-state index contributed by atoms with van der Waals surface area (Å²) in [5.74, 6) is 0.691. The number of nitrogens with one attached hydrogen (secondary N) is 2. The first kappa shape index (κ1) is 15.0. The van der Waals surface area contributed by atoms with Crippen molar-refractivity contribution in [2.75, 3.05) is 17.8 Å². The Labute approximate surface area is 128 Å². The highest BCUT2D eigenvalue weighted by molar-refractivity contribution is 6.33. The highest BCUT2D eigenvalue weighted by Crippen LogP contribution is 2.22. The van der Waals surface area contributed by atoms with Crippen molar-refractivity contribution < 1.29 is 9.53 Å². The zero-order valence-electron chi connectivity index (χ0n) is 11.5.